The van der Waals surface area contributed by atoms with Crippen LogP contribution in [-0.2, 0) is 6.54 Å². The first-order chi connectivity index (χ1) is 9.68. The van der Waals surface area contributed by atoms with Crippen molar-refractivity contribution in [2.24, 2.45) is 5.92 Å². The summed E-state index contributed by atoms with van der Waals surface area (Å²) in [6.45, 7) is 9.96. The third kappa shape index (κ3) is 4.20. The topological polar surface area (TPSA) is 28.2 Å². The molecule has 1 aliphatic heterocycles. The zero-order valence-electron chi connectivity index (χ0n) is 13.2. The molecule has 1 saturated heterocycles. The van der Waals surface area contributed by atoms with Crippen LogP contribution in [0.4, 0.5) is 5.82 Å². The molecule has 0 amide bonds. The molecule has 3 nitrogen and oxygen atoms in total. The minimum Gasteiger partial charge on any atom is -0.354 e. The standard InChI is InChI=1S/C17H29N3/c1-14(2)12-18-13-16-9-7-10-19-17(16)20-11-6-4-5-8-15(20)3/h7,9-10,14-15,18H,4-6,8,11-13H2,1-3H3. The molecule has 0 aromatic carbocycles. The Morgan fingerprint density at radius 1 is 1.35 bits per heavy atom. The normalized spacial score (nSPS) is 20.2. The number of anilines is 1. The van der Waals surface area contributed by atoms with E-state index >= 15 is 0 Å². The molecule has 0 bridgehead atoms. The molecule has 1 fully saturated rings. The Kier molecular flexibility index (Phi) is 5.84. The first kappa shape index (κ1) is 15.3. The lowest BCUT2D eigenvalue weighted by molar-refractivity contribution is 0.549. The maximum Gasteiger partial charge on any atom is 0.133 e. The fourth-order valence-corrected chi connectivity index (χ4v) is 2.91. The van der Waals surface area contributed by atoms with Gasteiger partial charge in [-0.3, -0.25) is 0 Å². The molecular weight excluding hydrogens is 246 g/mol. The number of hydrogen-bond donors (Lipinski definition) is 1. The van der Waals surface area contributed by atoms with Crippen molar-refractivity contribution >= 4 is 5.82 Å². The predicted molar refractivity (Wildman–Crippen MR) is 86.1 cm³/mol. The third-order valence-corrected chi connectivity index (χ3v) is 4.06. The minimum atomic E-state index is 0.608. The van der Waals surface area contributed by atoms with Gasteiger partial charge in [-0.1, -0.05) is 32.8 Å². The van der Waals surface area contributed by atoms with Crippen LogP contribution in [0.15, 0.2) is 18.3 Å². The zero-order chi connectivity index (χ0) is 14.4. The van der Waals surface area contributed by atoms with Crippen molar-refractivity contribution in [2.75, 3.05) is 18.0 Å². The Hall–Kier alpha value is -1.09. The molecule has 2 heterocycles. The van der Waals surface area contributed by atoms with Crippen molar-refractivity contribution in [3.05, 3.63) is 23.9 Å². The van der Waals surface area contributed by atoms with Crippen molar-refractivity contribution in [3.63, 3.8) is 0 Å². The van der Waals surface area contributed by atoms with Crippen molar-refractivity contribution in [3.8, 4) is 0 Å². The first-order valence-electron chi connectivity index (χ1n) is 8.09. The molecular formula is C17H29N3. The second-order valence-corrected chi connectivity index (χ2v) is 6.40. The summed E-state index contributed by atoms with van der Waals surface area (Å²) in [7, 11) is 0. The Bertz CT molecular complexity index is 403. The summed E-state index contributed by atoms with van der Waals surface area (Å²) in [6.07, 6.45) is 7.22. The summed E-state index contributed by atoms with van der Waals surface area (Å²) in [6, 6.07) is 4.88. The molecule has 0 radical (unpaired) electrons. The lowest BCUT2D eigenvalue weighted by Gasteiger charge is -2.30. The zero-order valence-corrected chi connectivity index (χ0v) is 13.2. The number of nitrogens with zero attached hydrogens (tertiary/aromatic N) is 2. The summed E-state index contributed by atoms with van der Waals surface area (Å²) in [4.78, 5) is 7.19. The molecule has 3 heteroatoms. The van der Waals surface area contributed by atoms with Crippen LogP contribution in [-0.4, -0.2) is 24.1 Å². The van der Waals surface area contributed by atoms with E-state index in [4.69, 9.17) is 0 Å². The second kappa shape index (κ2) is 7.63. The van der Waals surface area contributed by atoms with E-state index in [0.29, 0.717) is 12.0 Å². The summed E-state index contributed by atoms with van der Waals surface area (Å²) in [5.74, 6) is 1.88. The average Bonchev–Trinajstić information content (AvgIpc) is 2.64. The van der Waals surface area contributed by atoms with Gasteiger partial charge in [0.25, 0.3) is 0 Å². The van der Waals surface area contributed by atoms with Crippen LogP contribution >= 0.6 is 0 Å². The highest BCUT2D eigenvalue weighted by Crippen LogP contribution is 2.25. The van der Waals surface area contributed by atoms with Crippen LogP contribution in [0.5, 0.6) is 0 Å². The van der Waals surface area contributed by atoms with E-state index in [1.54, 1.807) is 0 Å². The Balaban J connectivity index is 2.09. The number of nitrogens with one attached hydrogen (secondary N) is 1. The first-order valence-corrected chi connectivity index (χ1v) is 8.09. The monoisotopic (exact) mass is 275 g/mol. The summed E-state index contributed by atoms with van der Waals surface area (Å²) >= 11 is 0. The smallest absolute Gasteiger partial charge is 0.133 e. The van der Waals surface area contributed by atoms with E-state index in [1.165, 1.54) is 37.1 Å². The van der Waals surface area contributed by atoms with Crippen LogP contribution in [0.1, 0.15) is 52.0 Å². The fraction of sp³-hybridized carbons (Fsp3) is 0.706. The predicted octanol–water partition coefficient (Wildman–Crippen LogP) is 3.60. The molecule has 1 aromatic heterocycles. The van der Waals surface area contributed by atoms with E-state index in [2.05, 4.69) is 48.1 Å². The van der Waals surface area contributed by atoms with Crippen molar-refractivity contribution in [2.45, 2.75) is 59.0 Å². The Labute approximate surface area is 123 Å². The van der Waals surface area contributed by atoms with Crippen LogP contribution in [0.2, 0.25) is 0 Å². The minimum absolute atomic E-state index is 0.608. The van der Waals surface area contributed by atoms with Crippen molar-refractivity contribution in [1.82, 2.24) is 10.3 Å². The fourth-order valence-electron chi connectivity index (χ4n) is 2.91. The molecule has 112 valence electrons. The van der Waals surface area contributed by atoms with Gasteiger partial charge < -0.3 is 10.2 Å². The molecule has 0 saturated carbocycles. The van der Waals surface area contributed by atoms with Gasteiger partial charge in [-0.15, -0.1) is 0 Å². The number of hydrogen-bond acceptors (Lipinski definition) is 3. The van der Waals surface area contributed by atoms with E-state index < -0.39 is 0 Å². The third-order valence-electron chi connectivity index (χ3n) is 4.06. The van der Waals surface area contributed by atoms with Gasteiger partial charge in [0.1, 0.15) is 5.82 Å². The quantitative estimate of drug-likeness (QED) is 0.890. The van der Waals surface area contributed by atoms with Gasteiger partial charge in [0.2, 0.25) is 0 Å². The molecule has 0 aliphatic carbocycles. The van der Waals surface area contributed by atoms with E-state index in [9.17, 15) is 0 Å². The largest absolute Gasteiger partial charge is 0.354 e. The second-order valence-electron chi connectivity index (χ2n) is 6.40. The number of aromatic nitrogens is 1. The lowest BCUT2D eigenvalue weighted by atomic mass is 10.1. The van der Waals surface area contributed by atoms with Crippen molar-refractivity contribution < 1.29 is 0 Å². The van der Waals surface area contributed by atoms with Crippen LogP contribution < -0.4 is 10.2 Å². The average molecular weight is 275 g/mol. The van der Waals surface area contributed by atoms with Gasteiger partial charge >= 0.3 is 0 Å². The van der Waals surface area contributed by atoms with Gasteiger partial charge in [-0.05, 0) is 38.3 Å². The summed E-state index contributed by atoms with van der Waals surface area (Å²) in [5.41, 5.74) is 1.34. The molecule has 1 atom stereocenters. The van der Waals surface area contributed by atoms with Crippen molar-refractivity contribution in [1.29, 1.82) is 0 Å². The number of rotatable bonds is 5. The van der Waals surface area contributed by atoms with Gasteiger partial charge in [-0.25, -0.2) is 4.98 Å². The van der Waals surface area contributed by atoms with Gasteiger partial charge in [0, 0.05) is 30.9 Å². The van der Waals surface area contributed by atoms with Gasteiger partial charge in [0.15, 0.2) is 0 Å². The molecule has 2 rings (SSSR count). The van der Waals surface area contributed by atoms with Gasteiger partial charge in [-0.2, -0.15) is 0 Å². The van der Waals surface area contributed by atoms with Crippen LogP contribution in [0, 0.1) is 5.92 Å². The maximum atomic E-state index is 4.68. The Morgan fingerprint density at radius 2 is 2.20 bits per heavy atom. The highest BCUT2D eigenvalue weighted by molar-refractivity contribution is 5.47. The van der Waals surface area contributed by atoms with E-state index in [-0.39, 0.29) is 0 Å². The van der Waals surface area contributed by atoms with Crippen LogP contribution in [0.3, 0.4) is 0 Å². The van der Waals surface area contributed by atoms with E-state index in [1.807, 2.05) is 6.20 Å². The molecule has 1 N–H and O–H groups in total. The summed E-state index contributed by atoms with van der Waals surface area (Å²) < 4.78 is 0. The SMILES string of the molecule is CC(C)CNCc1cccnc1N1CCCCCC1C. The lowest BCUT2D eigenvalue weighted by Crippen LogP contribution is -2.34. The van der Waals surface area contributed by atoms with E-state index in [0.717, 1.165) is 19.6 Å². The highest BCUT2D eigenvalue weighted by Gasteiger charge is 2.20. The summed E-state index contributed by atoms with van der Waals surface area (Å²) in [5, 5.41) is 3.54. The van der Waals surface area contributed by atoms with Gasteiger partial charge in [0.05, 0.1) is 0 Å². The molecule has 1 aromatic rings. The maximum absolute atomic E-state index is 4.68. The van der Waals surface area contributed by atoms with Crippen LogP contribution in [0.25, 0.3) is 0 Å². The molecule has 20 heavy (non-hydrogen) atoms. The number of pyridine rings is 1. The molecule has 0 spiro atoms. The Morgan fingerprint density at radius 3 is 3.00 bits per heavy atom. The highest BCUT2D eigenvalue weighted by atomic mass is 15.2. The molecule has 1 aliphatic rings. The molecule has 1 unspecified atom stereocenters.